The molecule has 1 amide bonds. The minimum Gasteiger partial charge on any atom is -0.334 e. The lowest BCUT2D eigenvalue weighted by molar-refractivity contribution is -0.131. The molecular formula is C17H24N2O. The monoisotopic (exact) mass is 272 g/mol. The van der Waals surface area contributed by atoms with E-state index >= 15 is 0 Å². The van der Waals surface area contributed by atoms with Gasteiger partial charge in [-0.05, 0) is 31.2 Å². The first-order valence-electron chi connectivity index (χ1n) is 7.90. The fourth-order valence-corrected chi connectivity index (χ4v) is 3.05. The van der Waals surface area contributed by atoms with Gasteiger partial charge in [-0.1, -0.05) is 43.2 Å². The van der Waals surface area contributed by atoms with Crippen LogP contribution in [-0.4, -0.2) is 29.4 Å². The van der Waals surface area contributed by atoms with Gasteiger partial charge in [0, 0.05) is 18.6 Å². The van der Waals surface area contributed by atoms with Gasteiger partial charge in [-0.2, -0.15) is 0 Å². The fraction of sp³-hybridized carbons (Fsp3) is 0.588. The van der Waals surface area contributed by atoms with Crippen LogP contribution in [0, 0.1) is 0 Å². The van der Waals surface area contributed by atoms with Crippen molar-refractivity contribution in [2.45, 2.75) is 57.2 Å². The van der Waals surface area contributed by atoms with Gasteiger partial charge in [0.1, 0.15) is 0 Å². The Balaban J connectivity index is 1.54. The van der Waals surface area contributed by atoms with Gasteiger partial charge in [0.2, 0.25) is 5.91 Å². The molecule has 20 heavy (non-hydrogen) atoms. The van der Waals surface area contributed by atoms with Crippen molar-refractivity contribution in [1.29, 1.82) is 0 Å². The van der Waals surface area contributed by atoms with Crippen LogP contribution in [0.3, 0.4) is 0 Å². The van der Waals surface area contributed by atoms with Crippen LogP contribution in [-0.2, 0) is 11.3 Å². The van der Waals surface area contributed by atoms with Crippen LogP contribution >= 0.6 is 0 Å². The molecule has 2 aliphatic rings. The van der Waals surface area contributed by atoms with Crippen molar-refractivity contribution >= 4 is 5.91 Å². The molecule has 1 aromatic carbocycles. The van der Waals surface area contributed by atoms with Crippen molar-refractivity contribution in [3.8, 4) is 0 Å². The molecule has 0 heterocycles. The van der Waals surface area contributed by atoms with Crippen molar-refractivity contribution in [3.05, 3.63) is 35.9 Å². The van der Waals surface area contributed by atoms with Crippen LogP contribution in [0.5, 0.6) is 0 Å². The van der Waals surface area contributed by atoms with Crippen molar-refractivity contribution < 1.29 is 4.79 Å². The fourth-order valence-electron chi connectivity index (χ4n) is 3.05. The molecule has 0 aliphatic heterocycles. The average Bonchev–Trinajstić information content (AvgIpc) is 3.19. The number of benzene rings is 1. The van der Waals surface area contributed by atoms with Gasteiger partial charge < -0.3 is 10.2 Å². The Hall–Kier alpha value is -1.35. The third-order valence-corrected chi connectivity index (χ3v) is 4.40. The lowest BCUT2D eigenvalue weighted by Crippen LogP contribution is -2.41. The Morgan fingerprint density at radius 1 is 1.10 bits per heavy atom. The molecule has 2 saturated carbocycles. The van der Waals surface area contributed by atoms with Crippen LogP contribution in [0.15, 0.2) is 30.3 Å². The second-order valence-electron chi connectivity index (χ2n) is 6.10. The maximum absolute atomic E-state index is 12.4. The van der Waals surface area contributed by atoms with Gasteiger partial charge in [-0.3, -0.25) is 4.79 Å². The minimum absolute atomic E-state index is 0.267. The first-order chi connectivity index (χ1) is 9.83. The lowest BCUT2D eigenvalue weighted by Gasteiger charge is -2.24. The molecule has 1 aromatic rings. The largest absolute Gasteiger partial charge is 0.334 e. The molecular weight excluding hydrogens is 248 g/mol. The van der Waals surface area contributed by atoms with Crippen LogP contribution in [0.1, 0.15) is 44.1 Å². The first-order valence-corrected chi connectivity index (χ1v) is 7.90. The zero-order chi connectivity index (χ0) is 13.8. The quantitative estimate of drug-likeness (QED) is 0.863. The minimum atomic E-state index is 0.267. The van der Waals surface area contributed by atoms with E-state index in [1.54, 1.807) is 0 Å². The summed E-state index contributed by atoms with van der Waals surface area (Å²) < 4.78 is 0. The molecule has 0 saturated heterocycles. The molecule has 0 bridgehead atoms. The Labute approximate surface area is 121 Å². The smallest absolute Gasteiger partial charge is 0.237 e. The van der Waals surface area contributed by atoms with E-state index in [0.29, 0.717) is 18.6 Å². The zero-order valence-electron chi connectivity index (χ0n) is 12.1. The van der Waals surface area contributed by atoms with E-state index in [1.165, 1.54) is 44.1 Å². The summed E-state index contributed by atoms with van der Waals surface area (Å²) in [4.78, 5) is 14.5. The summed E-state index contributed by atoms with van der Waals surface area (Å²) in [6.07, 6.45) is 7.42. The molecule has 3 heteroatoms. The van der Waals surface area contributed by atoms with Gasteiger partial charge >= 0.3 is 0 Å². The summed E-state index contributed by atoms with van der Waals surface area (Å²) in [5, 5.41) is 3.44. The van der Waals surface area contributed by atoms with Crippen molar-refractivity contribution in [2.24, 2.45) is 0 Å². The highest BCUT2D eigenvalue weighted by Crippen LogP contribution is 2.28. The Morgan fingerprint density at radius 3 is 2.45 bits per heavy atom. The van der Waals surface area contributed by atoms with E-state index in [2.05, 4.69) is 22.3 Å². The van der Waals surface area contributed by atoms with Gasteiger partial charge in [0.25, 0.3) is 0 Å². The molecule has 3 nitrogen and oxygen atoms in total. The van der Waals surface area contributed by atoms with Gasteiger partial charge in [0.05, 0.1) is 6.54 Å². The predicted molar refractivity (Wildman–Crippen MR) is 80.3 cm³/mol. The van der Waals surface area contributed by atoms with Crippen LogP contribution in [0.4, 0.5) is 0 Å². The number of amides is 1. The van der Waals surface area contributed by atoms with Crippen LogP contribution < -0.4 is 5.32 Å². The number of nitrogens with one attached hydrogen (secondary N) is 1. The van der Waals surface area contributed by atoms with Crippen molar-refractivity contribution in [2.75, 3.05) is 6.54 Å². The highest BCUT2D eigenvalue weighted by molar-refractivity contribution is 5.79. The van der Waals surface area contributed by atoms with E-state index in [-0.39, 0.29) is 5.91 Å². The Morgan fingerprint density at radius 2 is 1.80 bits per heavy atom. The highest BCUT2D eigenvalue weighted by atomic mass is 16.2. The second kappa shape index (κ2) is 6.40. The summed E-state index contributed by atoms with van der Waals surface area (Å²) in [5.41, 5.74) is 1.23. The number of hydrogen-bond donors (Lipinski definition) is 1. The lowest BCUT2D eigenvalue weighted by atomic mass is 10.2. The number of nitrogens with zero attached hydrogens (tertiary/aromatic N) is 1. The number of rotatable bonds is 6. The van der Waals surface area contributed by atoms with Crippen molar-refractivity contribution in [3.63, 3.8) is 0 Å². The maximum Gasteiger partial charge on any atom is 0.237 e. The molecule has 3 rings (SSSR count). The molecule has 0 spiro atoms. The molecule has 0 unspecified atom stereocenters. The van der Waals surface area contributed by atoms with Gasteiger partial charge in [-0.25, -0.2) is 0 Å². The SMILES string of the molecule is O=C(CNC1CCCC1)N(Cc1ccccc1)C1CC1. The highest BCUT2D eigenvalue weighted by Gasteiger charge is 2.32. The van der Waals surface area contributed by atoms with Crippen LogP contribution in [0.2, 0.25) is 0 Å². The normalized spacial score (nSPS) is 19.2. The number of carbonyl (C=O) groups is 1. The maximum atomic E-state index is 12.4. The van der Waals surface area contributed by atoms with E-state index in [1.807, 2.05) is 18.2 Å². The van der Waals surface area contributed by atoms with E-state index in [4.69, 9.17) is 0 Å². The van der Waals surface area contributed by atoms with Gasteiger partial charge in [-0.15, -0.1) is 0 Å². The predicted octanol–water partition coefficient (Wildman–Crippen LogP) is 2.71. The summed E-state index contributed by atoms with van der Waals surface area (Å²) in [5.74, 6) is 0.267. The van der Waals surface area contributed by atoms with Crippen LogP contribution in [0.25, 0.3) is 0 Å². The van der Waals surface area contributed by atoms with Crippen molar-refractivity contribution in [1.82, 2.24) is 10.2 Å². The molecule has 0 atom stereocenters. The number of hydrogen-bond acceptors (Lipinski definition) is 2. The molecule has 0 radical (unpaired) electrons. The van der Waals surface area contributed by atoms with E-state index in [9.17, 15) is 4.79 Å². The third-order valence-electron chi connectivity index (χ3n) is 4.40. The topological polar surface area (TPSA) is 32.3 Å². The zero-order valence-corrected chi connectivity index (χ0v) is 12.1. The van der Waals surface area contributed by atoms with E-state index < -0.39 is 0 Å². The van der Waals surface area contributed by atoms with Gasteiger partial charge in [0.15, 0.2) is 0 Å². The Kier molecular flexibility index (Phi) is 4.36. The standard InChI is InChI=1S/C17H24N2O/c20-17(12-18-15-8-4-5-9-15)19(16-10-11-16)13-14-6-2-1-3-7-14/h1-3,6-7,15-16,18H,4-5,8-13H2. The first kappa shape index (κ1) is 13.6. The summed E-state index contributed by atoms with van der Waals surface area (Å²) in [6, 6.07) is 11.4. The summed E-state index contributed by atoms with van der Waals surface area (Å²) >= 11 is 0. The Bertz CT molecular complexity index is 436. The average molecular weight is 272 g/mol. The molecule has 1 N–H and O–H groups in total. The summed E-state index contributed by atoms with van der Waals surface area (Å²) in [6.45, 7) is 1.27. The third kappa shape index (κ3) is 3.60. The number of carbonyl (C=O) groups excluding carboxylic acids is 1. The second-order valence-corrected chi connectivity index (χ2v) is 6.10. The summed E-state index contributed by atoms with van der Waals surface area (Å²) in [7, 11) is 0. The molecule has 108 valence electrons. The van der Waals surface area contributed by atoms with E-state index in [0.717, 1.165) is 6.54 Å². The molecule has 2 aliphatic carbocycles. The molecule has 0 aromatic heterocycles. The molecule has 2 fully saturated rings.